The average Bonchev–Trinajstić information content (AvgIpc) is 2.41. The smallest absolute Gasteiger partial charge is 0.323 e. The van der Waals surface area contributed by atoms with E-state index in [9.17, 15) is 4.79 Å². The Kier molecular flexibility index (Phi) is 8.11. The lowest BCUT2D eigenvalue weighted by Crippen LogP contribution is -2.45. The molecule has 0 spiro atoms. The van der Waals surface area contributed by atoms with Gasteiger partial charge >= 0.3 is 5.97 Å². The SMILES string of the molecule is CCCC1CCC(NC(CCC)C(=O)OCC)CC1. The van der Waals surface area contributed by atoms with Gasteiger partial charge < -0.3 is 10.1 Å². The third-order valence-electron chi connectivity index (χ3n) is 4.13. The van der Waals surface area contributed by atoms with Crippen LogP contribution in [0.25, 0.3) is 0 Å². The van der Waals surface area contributed by atoms with E-state index in [4.69, 9.17) is 4.74 Å². The summed E-state index contributed by atoms with van der Waals surface area (Å²) in [6.07, 6.45) is 9.61. The Morgan fingerprint density at radius 3 is 2.37 bits per heavy atom. The molecule has 19 heavy (non-hydrogen) atoms. The zero-order valence-corrected chi connectivity index (χ0v) is 12.9. The fourth-order valence-electron chi connectivity index (χ4n) is 3.11. The number of carbonyl (C=O) groups excluding carboxylic acids is 1. The molecule has 0 amide bonds. The molecule has 1 atom stereocenters. The lowest BCUT2D eigenvalue weighted by molar-refractivity contribution is -0.146. The highest BCUT2D eigenvalue weighted by atomic mass is 16.5. The molecular formula is C16H31NO2. The molecule has 0 aromatic carbocycles. The van der Waals surface area contributed by atoms with Crippen molar-refractivity contribution >= 4 is 5.97 Å². The van der Waals surface area contributed by atoms with Crippen LogP contribution in [0.4, 0.5) is 0 Å². The molecule has 3 nitrogen and oxygen atoms in total. The number of ether oxygens (including phenoxy) is 1. The van der Waals surface area contributed by atoms with E-state index in [2.05, 4.69) is 19.2 Å². The van der Waals surface area contributed by atoms with Crippen LogP contribution in [0.3, 0.4) is 0 Å². The van der Waals surface area contributed by atoms with Crippen molar-refractivity contribution in [3.8, 4) is 0 Å². The van der Waals surface area contributed by atoms with Crippen molar-refractivity contribution in [2.45, 2.75) is 84.2 Å². The van der Waals surface area contributed by atoms with E-state index in [1.54, 1.807) is 0 Å². The monoisotopic (exact) mass is 269 g/mol. The maximum Gasteiger partial charge on any atom is 0.323 e. The summed E-state index contributed by atoms with van der Waals surface area (Å²) < 4.78 is 5.16. The van der Waals surface area contributed by atoms with E-state index in [-0.39, 0.29) is 12.0 Å². The zero-order chi connectivity index (χ0) is 14.1. The van der Waals surface area contributed by atoms with Crippen molar-refractivity contribution in [1.29, 1.82) is 0 Å². The molecule has 3 heteroatoms. The van der Waals surface area contributed by atoms with Crippen LogP contribution in [0, 0.1) is 5.92 Å². The first-order chi connectivity index (χ1) is 9.21. The summed E-state index contributed by atoms with van der Waals surface area (Å²) in [4.78, 5) is 11.9. The minimum Gasteiger partial charge on any atom is -0.465 e. The van der Waals surface area contributed by atoms with Crippen LogP contribution in [-0.2, 0) is 9.53 Å². The summed E-state index contributed by atoms with van der Waals surface area (Å²) in [7, 11) is 0. The second kappa shape index (κ2) is 9.35. The topological polar surface area (TPSA) is 38.3 Å². The van der Waals surface area contributed by atoms with Crippen LogP contribution < -0.4 is 5.32 Å². The second-order valence-electron chi connectivity index (χ2n) is 5.77. The van der Waals surface area contributed by atoms with E-state index < -0.39 is 0 Å². The molecule has 1 aliphatic rings. The molecule has 0 bridgehead atoms. The van der Waals surface area contributed by atoms with Crippen LogP contribution >= 0.6 is 0 Å². The minimum atomic E-state index is -0.0994. The summed E-state index contributed by atoms with van der Waals surface area (Å²) in [5, 5.41) is 3.53. The molecule has 1 unspecified atom stereocenters. The minimum absolute atomic E-state index is 0.0694. The van der Waals surface area contributed by atoms with Gasteiger partial charge in [-0.05, 0) is 44.9 Å². The molecule has 0 aliphatic heterocycles. The molecule has 112 valence electrons. The number of rotatable bonds is 8. The summed E-state index contributed by atoms with van der Waals surface area (Å²) in [6, 6.07) is 0.409. The zero-order valence-electron chi connectivity index (χ0n) is 12.9. The number of carbonyl (C=O) groups is 1. The number of nitrogens with one attached hydrogen (secondary N) is 1. The van der Waals surface area contributed by atoms with Gasteiger partial charge in [-0.25, -0.2) is 0 Å². The van der Waals surface area contributed by atoms with Crippen LogP contribution in [-0.4, -0.2) is 24.7 Å². The van der Waals surface area contributed by atoms with Crippen molar-refractivity contribution in [2.75, 3.05) is 6.61 Å². The Morgan fingerprint density at radius 1 is 1.16 bits per heavy atom. The van der Waals surface area contributed by atoms with Gasteiger partial charge in [0.25, 0.3) is 0 Å². The summed E-state index contributed by atoms with van der Waals surface area (Å²) in [5.41, 5.74) is 0. The standard InChI is InChI=1S/C16H31NO2/c1-4-7-13-9-11-14(12-10-13)17-15(8-5-2)16(18)19-6-3/h13-15,17H,4-12H2,1-3H3. The van der Waals surface area contributed by atoms with Gasteiger partial charge in [0.15, 0.2) is 0 Å². The normalized spacial score (nSPS) is 25.0. The Morgan fingerprint density at radius 2 is 1.84 bits per heavy atom. The van der Waals surface area contributed by atoms with Gasteiger partial charge in [-0.1, -0.05) is 33.1 Å². The Bertz CT molecular complexity index is 247. The molecule has 0 aromatic rings. The van der Waals surface area contributed by atoms with Gasteiger partial charge in [0, 0.05) is 6.04 Å². The van der Waals surface area contributed by atoms with Gasteiger partial charge in [-0.15, -0.1) is 0 Å². The van der Waals surface area contributed by atoms with E-state index in [1.165, 1.54) is 38.5 Å². The van der Waals surface area contributed by atoms with Gasteiger partial charge in [0.2, 0.25) is 0 Å². The largest absolute Gasteiger partial charge is 0.465 e. The molecule has 0 radical (unpaired) electrons. The van der Waals surface area contributed by atoms with Crippen molar-refractivity contribution < 1.29 is 9.53 Å². The van der Waals surface area contributed by atoms with Crippen molar-refractivity contribution in [3.63, 3.8) is 0 Å². The van der Waals surface area contributed by atoms with Gasteiger partial charge in [0.1, 0.15) is 6.04 Å². The average molecular weight is 269 g/mol. The Balaban J connectivity index is 2.36. The maximum absolute atomic E-state index is 11.9. The summed E-state index contributed by atoms with van der Waals surface area (Å²) in [6.45, 7) is 6.73. The highest BCUT2D eigenvalue weighted by molar-refractivity contribution is 5.75. The van der Waals surface area contributed by atoms with E-state index in [1.807, 2.05) is 6.92 Å². The third kappa shape index (κ3) is 5.94. The summed E-state index contributed by atoms with van der Waals surface area (Å²) in [5.74, 6) is 0.843. The van der Waals surface area contributed by atoms with E-state index >= 15 is 0 Å². The quantitative estimate of drug-likeness (QED) is 0.683. The maximum atomic E-state index is 11.9. The van der Waals surface area contributed by atoms with Gasteiger partial charge in [0.05, 0.1) is 6.61 Å². The Hall–Kier alpha value is -0.570. The molecule has 0 saturated heterocycles. The molecule has 1 rings (SSSR count). The molecule has 1 fully saturated rings. The predicted octanol–water partition coefficient (Wildman–Crippen LogP) is 3.67. The van der Waals surface area contributed by atoms with Crippen LogP contribution in [0.15, 0.2) is 0 Å². The predicted molar refractivity (Wildman–Crippen MR) is 79.1 cm³/mol. The number of esters is 1. The van der Waals surface area contributed by atoms with Crippen molar-refractivity contribution in [2.24, 2.45) is 5.92 Å². The van der Waals surface area contributed by atoms with Crippen LogP contribution in [0.5, 0.6) is 0 Å². The third-order valence-corrected chi connectivity index (χ3v) is 4.13. The highest BCUT2D eigenvalue weighted by Gasteiger charge is 2.26. The van der Waals surface area contributed by atoms with E-state index in [0.717, 1.165) is 18.8 Å². The Labute approximate surface area is 118 Å². The van der Waals surface area contributed by atoms with Crippen molar-refractivity contribution in [3.05, 3.63) is 0 Å². The van der Waals surface area contributed by atoms with Gasteiger partial charge in [-0.3, -0.25) is 4.79 Å². The summed E-state index contributed by atoms with van der Waals surface area (Å²) >= 11 is 0. The highest BCUT2D eigenvalue weighted by Crippen LogP contribution is 2.28. The molecule has 0 aromatic heterocycles. The first-order valence-electron chi connectivity index (χ1n) is 8.13. The van der Waals surface area contributed by atoms with Crippen molar-refractivity contribution in [1.82, 2.24) is 5.32 Å². The molecule has 1 aliphatic carbocycles. The van der Waals surface area contributed by atoms with Gasteiger partial charge in [-0.2, -0.15) is 0 Å². The molecule has 1 saturated carbocycles. The number of hydrogen-bond acceptors (Lipinski definition) is 3. The lowest BCUT2D eigenvalue weighted by atomic mass is 9.83. The fourth-order valence-corrected chi connectivity index (χ4v) is 3.11. The molecular weight excluding hydrogens is 238 g/mol. The lowest BCUT2D eigenvalue weighted by Gasteiger charge is -2.31. The molecule has 0 heterocycles. The molecule has 1 N–H and O–H groups in total. The van der Waals surface area contributed by atoms with E-state index in [0.29, 0.717) is 12.6 Å². The first kappa shape index (κ1) is 16.5. The van der Waals surface area contributed by atoms with Crippen LogP contribution in [0.2, 0.25) is 0 Å². The second-order valence-corrected chi connectivity index (χ2v) is 5.77. The number of hydrogen-bond donors (Lipinski definition) is 1. The fraction of sp³-hybridized carbons (Fsp3) is 0.938. The first-order valence-corrected chi connectivity index (χ1v) is 8.13. The van der Waals surface area contributed by atoms with Crippen LogP contribution in [0.1, 0.15) is 72.1 Å².